The fourth-order valence-corrected chi connectivity index (χ4v) is 3.32. The van der Waals surface area contributed by atoms with Gasteiger partial charge in [-0.15, -0.1) is 0 Å². The molecular weight excluding hydrogens is 392 g/mol. The molecule has 1 amide bonds. The zero-order valence-electron chi connectivity index (χ0n) is 17.7. The van der Waals surface area contributed by atoms with E-state index in [1.54, 1.807) is 12.4 Å². The maximum atomic E-state index is 12.2. The largest absolute Gasteiger partial charge is 0.423 e. The van der Waals surface area contributed by atoms with Gasteiger partial charge in [-0.1, -0.05) is 12.1 Å². The number of ether oxygens (including phenoxy) is 1. The summed E-state index contributed by atoms with van der Waals surface area (Å²) >= 11 is 0. The van der Waals surface area contributed by atoms with E-state index < -0.39 is 0 Å². The van der Waals surface area contributed by atoms with Crippen LogP contribution in [0.3, 0.4) is 0 Å². The second-order valence-electron chi connectivity index (χ2n) is 7.24. The highest BCUT2D eigenvalue weighted by Gasteiger charge is 2.20. The Morgan fingerprint density at radius 2 is 2.13 bits per heavy atom. The van der Waals surface area contributed by atoms with Crippen LogP contribution >= 0.6 is 0 Å². The molecule has 2 aliphatic heterocycles. The third-order valence-corrected chi connectivity index (χ3v) is 5.00. The van der Waals surface area contributed by atoms with Gasteiger partial charge in [0.05, 0.1) is 24.1 Å². The first-order valence-corrected chi connectivity index (χ1v) is 10.1. The molecule has 0 bridgehead atoms. The lowest BCUT2D eigenvalue weighted by Gasteiger charge is -2.16. The van der Waals surface area contributed by atoms with Crippen LogP contribution in [-0.2, 0) is 16.1 Å². The molecule has 2 N–H and O–H groups in total. The van der Waals surface area contributed by atoms with E-state index in [0.29, 0.717) is 36.3 Å². The number of allylic oxidation sites excluding steroid dienone is 4. The summed E-state index contributed by atoms with van der Waals surface area (Å²) in [5, 5.41) is 6.37. The average Bonchev–Trinajstić information content (AvgIpc) is 3.23. The molecule has 158 valence electrons. The number of carbonyl (C=O) groups is 1. The lowest BCUT2D eigenvalue weighted by molar-refractivity contribution is -0.114. The standard InChI is InChI=1S/C24H24N4O3/c1-4-30-14-17-6-5-15(2)19(11-17)28-24-27-13-21(31-24)18-8-10-25-20(12-18)22-16(3)7-9-26-23(22)29/h5-13,25H,4,14H2,1-3H3,(H,27,28). The summed E-state index contributed by atoms with van der Waals surface area (Å²) in [7, 11) is 0. The van der Waals surface area contributed by atoms with Crippen molar-refractivity contribution in [3.63, 3.8) is 0 Å². The van der Waals surface area contributed by atoms with Crippen molar-refractivity contribution >= 4 is 29.4 Å². The molecule has 0 saturated carbocycles. The predicted octanol–water partition coefficient (Wildman–Crippen LogP) is 4.57. The molecule has 31 heavy (non-hydrogen) atoms. The Labute approximate surface area is 180 Å². The van der Waals surface area contributed by atoms with Crippen molar-refractivity contribution in [2.24, 2.45) is 4.99 Å². The third-order valence-electron chi connectivity index (χ3n) is 5.00. The number of aliphatic imine (C=N–C) groups is 1. The summed E-state index contributed by atoms with van der Waals surface area (Å²) < 4.78 is 11.4. The Kier molecular flexibility index (Phi) is 5.95. The van der Waals surface area contributed by atoms with Crippen molar-refractivity contribution in [1.29, 1.82) is 0 Å². The molecule has 0 spiro atoms. The van der Waals surface area contributed by atoms with Crippen LogP contribution in [0.2, 0.25) is 0 Å². The number of benzene rings is 1. The van der Waals surface area contributed by atoms with Crippen LogP contribution in [0.15, 0.2) is 75.1 Å². The van der Waals surface area contributed by atoms with Crippen molar-refractivity contribution in [1.82, 2.24) is 10.3 Å². The quantitative estimate of drug-likeness (QED) is 0.671. The van der Waals surface area contributed by atoms with Gasteiger partial charge in [-0.25, -0.2) is 9.98 Å². The fraction of sp³-hybridized carbons (Fsp3) is 0.208. The van der Waals surface area contributed by atoms with Gasteiger partial charge >= 0.3 is 0 Å². The van der Waals surface area contributed by atoms with Gasteiger partial charge in [-0.3, -0.25) is 4.79 Å². The van der Waals surface area contributed by atoms with E-state index in [4.69, 9.17) is 9.15 Å². The number of hydrogen-bond donors (Lipinski definition) is 2. The molecule has 7 heteroatoms. The van der Waals surface area contributed by atoms with E-state index in [2.05, 4.69) is 20.6 Å². The zero-order valence-corrected chi connectivity index (χ0v) is 17.7. The maximum absolute atomic E-state index is 12.2. The molecule has 2 aliphatic rings. The van der Waals surface area contributed by atoms with E-state index in [1.165, 1.54) is 6.21 Å². The van der Waals surface area contributed by atoms with Gasteiger partial charge in [0.1, 0.15) is 0 Å². The van der Waals surface area contributed by atoms with Crippen molar-refractivity contribution in [3.8, 4) is 0 Å². The van der Waals surface area contributed by atoms with Crippen LogP contribution in [0.5, 0.6) is 0 Å². The van der Waals surface area contributed by atoms with E-state index in [-0.39, 0.29) is 5.91 Å². The Bertz CT molecular complexity index is 1170. The van der Waals surface area contributed by atoms with Gasteiger partial charge in [-0.2, -0.15) is 0 Å². The van der Waals surface area contributed by atoms with Gasteiger partial charge in [-0.05, 0) is 61.8 Å². The zero-order chi connectivity index (χ0) is 21.8. The van der Waals surface area contributed by atoms with Crippen LogP contribution in [0.4, 0.5) is 11.7 Å². The van der Waals surface area contributed by atoms with Crippen LogP contribution in [-0.4, -0.2) is 23.7 Å². The van der Waals surface area contributed by atoms with Crippen molar-refractivity contribution in [3.05, 3.63) is 82.6 Å². The average molecular weight is 416 g/mol. The van der Waals surface area contributed by atoms with Gasteiger partial charge in [0.2, 0.25) is 0 Å². The molecular formula is C24H24N4O3. The van der Waals surface area contributed by atoms with E-state index in [1.807, 2.05) is 57.2 Å². The Balaban J connectivity index is 1.57. The summed E-state index contributed by atoms with van der Waals surface area (Å²) in [6, 6.07) is 6.51. The number of nitrogens with one attached hydrogen (secondary N) is 2. The van der Waals surface area contributed by atoms with Crippen molar-refractivity contribution in [2.75, 3.05) is 11.9 Å². The number of hydrogen-bond acceptors (Lipinski definition) is 6. The molecule has 0 atom stereocenters. The Hall–Kier alpha value is -3.71. The first-order valence-electron chi connectivity index (χ1n) is 10.1. The highest BCUT2D eigenvalue weighted by Crippen LogP contribution is 2.28. The molecule has 3 heterocycles. The summed E-state index contributed by atoms with van der Waals surface area (Å²) in [5.41, 5.74) is 5.95. The molecule has 0 radical (unpaired) electrons. The molecule has 4 rings (SSSR count). The number of oxazole rings is 1. The molecule has 1 aromatic heterocycles. The molecule has 1 aromatic carbocycles. The minimum atomic E-state index is -0.268. The van der Waals surface area contributed by atoms with Gasteiger partial charge in [0, 0.05) is 30.3 Å². The van der Waals surface area contributed by atoms with Gasteiger partial charge in [0.15, 0.2) is 5.76 Å². The normalized spacial score (nSPS) is 18.0. The molecule has 2 aromatic rings. The Morgan fingerprint density at radius 1 is 1.26 bits per heavy atom. The minimum absolute atomic E-state index is 0.268. The first kappa shape index (κ1) is 20.6. The SMILES string of the molecule is CCOCc1ccc(C)c(Nc2ncc(C3=CC(=C4C(=O)N=CC=C4C)NC=C3)o2)c1. The highest BCUT2D eigenvalue weighted by molar-refractivity contribution is 6.08. The van der Waals surface area contributed by atoms with Crippen molar-refractivity contribution in [2.45, 2.75) is 27.4 Å². The number of carbonyl (C=O) groups excluding carboxylic acids is 1. The van der Waals surface area contributed by atoms with Gasteiger partial charge in [0.25, 0.3) is 11.9 Å². The number of rotatable bonds is 6. The molecule has 0 fully saturated rings. The van der Waals surface area contributed by atoms with Crippen molar-refractivity contribution < 1.29 is 13.9 Å². The second-order valence-corrected chi connectivity index (χ2v) is 7.24. The molecule has 0 saturated heterocycles. The number of amides is 1. The third kappa shape index (κ3) is 4.57. The van der Waals surface area contributed by atoms with E-state index in [9.17, 15) is 4.79 Å². The summed E-state index contributed by atoms with van der Waals surface area (Å²) in [6.45, 7) is 7.11. The Morgan fingerprint density at radius 3 is 2.94 bits per heavy atom. The summed E-state index contributed by atoms with van der Waals surface area (Å²) in [5.74, 6) is 0.325. The fourth-order valence-electron chi connectivity index (χ4n) is 3.32. The van der Waals surface area contributed by atoms with Gasteiger partial charge < -0.3 is 19.8 Å². The minimum Gasteiger partial charge on any atom is -0.423 e. The first-order chi connectivity index (χ1) is 15.0. The number of aromatic nitrogens is 1. The summed E-state index contributed by atoms with van der Waals surface area (Å²) in [4.78, 5) is 20.5. The lowest BCUT2D eigenvalue weighted by Crippen LogP contribution is -2.16. The van der Waals surface area contributed by atoms with E-state index in [0.717, 1.165) is 28.0 Å². The monoisotopic (exact) mass is 416 g/mol. The van der Waals surface area contributed by atoms with Crippen LogP contribution in [0, 0.1) is 6.92 Å². The number of nitrogens with zero attached hydrogens (tertiary/aromatic N) is 2. The molecule has 0 unspecified atom stereocenters. The topological polar surface area (TPSA) is 88.8 Å². The number of aryl methyl sites for hydroxylation is 1. The predicted molar refractivity (Wildman–Crippen MR) is 121 cm³/mol. The number of dihydropyridines is 2. The molecule has 7 nitrogen and oxygen atoms in total. The molecule has 0 aliphatic carbocycles. The number of anilines is 2. The van der Waals surface area contributed by atoms with E-state index >= 15 is 0 Å². The second kappa shape index (κ2) is 8.97. The van der Waals surface area contributed by atoms with Crippen LogP contribution in [0.25, 0.3) is 5.57 Å². The highest BCUT2D eigenvalue weighted by atomic mass is 16.5. The lowest BCUT2D eigenvalue weighted by atomic mass is 9.99. The smallest absolute Gasteiger partial charge is 0.299 e. The van der Waals surface area contributed by atoms with Crippen LogP contribution in [0.1, 0.15) is 30.7 Å². The maximum Gasteiger partial charge on any atom is 0.299 e. The van der Waals surface area contributed by atoms with Crippen LogP contribution < -0.4 is 10.6 Å². The summed E-state index contributed by atoms with van der Waals surface area (Å²) in [6.07, 6.45) is 10.5.